The Hall–Kier alpha value is -1.59. The van der Waals surface area contributed by atoms with Gasteiger partial charge in [-0.3, -0.25) is 0 Å². The van der Waals surface area contributed by atoms with Crippen LogP contribution >= 0.6 is 0 Å². The van der Waals surface area contributed by atoms with Gasteiger partial charge in [0.25, 0.3) is 0 Å². The number of alkyl halides is 5. The molecule has 0 spiro atoms. The first-order chi connectivity index (χ1) is 7.32. The van der Waals surface area contributed by atoms with E-state index in [-0.39, 0.29) is 5.56 Å². The molecule has 0 N–H and O–H groups in total. The lowest BCUT2D eigenvalue weighted by Gasteiger charge is -2.11. The van der Waals surface area contributed by atoms with Crippen LogP contribution in [0.5, 0.6) is 5.75 Å². The largest absolute Gasteiger partial charge is 0.435 e. The van der Waals surface area contributed by atoms with Gasteiger partial charge >= 0.3 is 12.8 Å². The minimum Gasteiger partial charge on any atom is -0.435 e. The van der Waals surface area contributed by atoms with E-state index in [0.717, 1.165) is 12.1 Å². The lowest BCUT2D eigenvalue weighted by Crippen LogP contribution is -2.08. The zero-order valence-electron chi connectivity index (χ0n) is 7.81. The van der Waals surface area contributed by atoms with E-state index >= 15 is 0 Å². The first-order valence-corrected chi connectivity index (χ1v) is 4.03. The van der Waals surface area contributed by atoms with Crippen LogP contribution < -0.4 is 4.74 Å². The number of hydrogen-bond donors (Lipinski definition) is 0. The van der Waals surface area contributed by atoms with Gasteiger partial charge in [-0.05, 0) is 29.8 Å². The molecule has 0 aliphatic heterocycles. The summed E-state index contributed by atoms with van der Waals surface area (Å²) in [6.45, 7) is -0.0405. The average molecular weight is 237 g/mol. The highest BCUT2D eigenvalue weighted by atomic mass is 19.4. The summed E-state index contributed by atoms with van der Waals surface area (Å²) in [6, 6.07) is 2.23. The maximum Gasteiger partial charge on any atom is 0.416 e. The van der Waals surface area contributed by atoms with Crippen LogP contribution in [0.25, 0.3) is 0 Å². The van der Waals surface area contributed by atoms with Crippen LogP contribution in [0.2, 0.25) is 0 Å². The van der Waals surface area contributed by atoms with E-state index in [0.29, 0.717) is 6.07 Å². The first-order valence-electron chi connectivity index (χ1n) is 4.03. The van der Waals surface area contributed by atoms with E-state index in [4.69, 9.17) is 0 Å². The van der Waals surface area contributed by atoms with Crippen molar-refractivity contribution in [1.29, 1.82) is 0 Å². The predicted molar refractivity (Wildman–Crippen MR) is 46.0 cm³/mol. The van der Waals surface area contributed by atoms with Crippen molar-refractivity contribution in [2.45, 2.75) is 12.8 Å². The maximum absolute atomic E-state index is 12.3. The molecule has 0 fully saturated rings. The highest BCUT2D eigenvalue weighted by molar-refractivity contribution is 5.38. The molecular weight excluding hydrogens is 231 g/mol. The third kappa shape index (κ3) is 3.22. The molecule has 0 saturated heterocycles. The molecule has 1 radical (unpaired) electrons. The minimum absolute atomic E-state index is 0.0644. The highest BCUT2D eigenvalue weighted by Gasteiger charge is 2.31. The van der Waals surface area contributed by atoms with Gasteiger partial charge in [0.15, 0.2) is 0 Å². The predicted octanol–water partition coefficient (Wildman–Crippen LogP) is 3.64. The standard InChI is InChI=1S/C10H6F5O/c1-2-6-3-7(10(13,14)15)5-8(4-6)16-9(11)12/h3-5,9H,1H2. The molecule has 1 nitrogen and oxygen atoms in total. The summed E-state index contributed by atoms with van der Waals surface area (Å²) >= 11 is 0. The van der Waals surface area contributed by atoms with Gasteiger partial charge in [0.05, 0.1) is 5.56 Å². The van der Waals surface area contributed by atoms with Crippen molar-refractivity contribution in [2.24, 2.45) is 0 Å². The van der Waals surface area contributed by atoms with Crippen molar-refractivity contribution in [3.8, 4) is 5.75 Å². The Kier molecular flexibility index (Phi) is 3.51. The van der Waals surface area contributed by atoms with Gasteiger partial charge in [-0.1, -0.05) is 6.58 Å². The van der Waals surface area contributed by atoms with Crippen molar-refractivity contribution in [1.82, 2.24) is 0 Å². The number of halogens is 5. The Labute approximate surface area is 88.1 Å². The zero-order chi connectivity index (χ0) is 12.3. The van der Waals surface area contributed by atoms with E-state index in [1.807, 2.05) is 0 Å². The topological polar surface area (TPSA) is 9.23 Å². The molecule has 16 heavy (non-hydrogen) atoms. The quantitative estimate of drug-likeness (QED) is 0.729. The molecule has 87 valence electrons. The highest BCUT2D eigenvalue weighted by Crippen LogP contribution is 2.33. The number of rotatable bonds is 3. The molecule has 0 aliphatic rings. The zero-order valence-corrected chi connectivity index (χ0v) is 7.81. The molecule has 0 amide bonds. The van der Waals surface area contributed by atoms with E-state index < -0.39 is 24.1 Å². The molecule has 1 aromatic carbocycles. The summed E-state index contributed by atoms with van der Waals surface area (Å²) in [5.41, 5.74) is -1.15. The van der Waals surface area contributed by atoms with Gasteiger partial charge in [0.2, 0.25) is 0 Å². The second-order valence-corrected chi connectivity index (χ2v) is 2.80. The van der Waals surface area contributed by atoms with Crippen molar-refractivity contribution >= 4 is 0 Å². The molecule has 0 unspecified atom stereocenters. The Balaban J connectivity index is 3.16. The van der Waals surface area contributed by atoms with Gasteiger partial charge in [-0.25, -0.2) is 0 Å². The van der Waals surface area contributed by atoms with Crippen LogP contribution in [0, 0.1) is 6.08 Å². The fourth-order valence-electron chi connectivity index (χ4n) is 1.04. The van der Waals surface area contributed by atoms with Crippen LogP contribution in [0.1, 0.15) is 11.1 Å². The van der Waals surface area contributed by atoms with Crippen molar-refractivity contribution in [3.63, 3.8) is 0 Å². The van der Waals surface area contributed by atoms with Gasteiger partial charge in [-0.2, -0.15) is 22.0 Å². The van der Waals surface area contributed by atoms with Crippen LogP contribution in [-0.4, -0.2) is 6.61 Å². The summed E-state index contributed by atoms with van der Waals surface area (Å²) < 4.78 is 64.6. The number of ether oxygens (including phenoxy) is 1. The van der Waals surface area contributed by atoms with Crippen LogP contribution in [-0.2, 0) is 6.18 Å². The molecule has 6 heteroatoms. The molecule has 0 aromatic heterocycles. The third-order valence-corrected chi connectivity index (χ3v) is 1.66. The Morgan fingerprint density at radius 2 is 1.81 bits per heavy atom. The number of hydrogen-bond acceptors (Lipinski definition) is 1. The smallest absolute Gasteiger partial charge is 0.416 e. The van der Waals surface area contributed by atoms with Crippen LogP contribution in [0.15, 0.2) is 24.8 Å². The summed E-state index contributed by atoms with van der Waals surface area (Å²) in [6.07, 6.45) is -2.45. The number of benzene rings is 1. The molecule has 1 rings (SSSR count). The van der Waals surface area contributed by atoms with Gasteiger partial charge in [0, 0.05) is 0 Å². The SMILES string of the molecule is C=[C]c1cc(OC(F)F)cc(C(F)(F)F)c1. The monoisotopic (exact) mass is 237 g/mol. The summed E-state index contributed by atoms with van der Waals surface area (Å²) in [5.74, 6) is -0.573. The second kappa shape index (κ2) is 4.51. The summed E-state index contributed by atoms with van der Waals surface area (Å²) in [4.78, 5) is 0. The molecular formula is C10H6F5O. The normalized spacial score (nSPS) is 11.6. The van der Waals surface area contributed by atoms with E-state index in [2.05, 4.69) is 17.4 Å². The third-order valence-electron chi connectivity index (χ3n) is 1.66. The van der Waals surface area contributed by atoms with Gasteiger partial charge in [0.1, 0.15) is 5.75 Å². The van der Waals surface area contributed by atoms with Crippen LogP contribution in [0.3, 0.4) is 0 Å². The Bertz CT molecular complexity index is 383. The van der Waals surface area contributed by atoms with E-state index in [9.17, 15) is 22.0 Å². The average Bonchev–Trinajstić information content (AvgIpc) is 2.14. The summed E-state index contributed by atoms with van der Waals surface area (Å²) in [5, 5.41) is 0. The van der Waals surface area contributed by atoms with Gasteiger partial charge < -0.3 is 4.74 Å². The first kappa shape index (κ1) is 12.5. The lowest BCUT2D eigenvalue weighted by atomic mass is 10.1. The molecule has 0 bridgehead atoms. The van der Waals surface area contributed by atoms with E-state index in [1.165, 1.54) is 0 Å². The van der Waals surface area contributed by atoms with Crippen molar-refractivity contribution < 1.29 is 26.7 Å². The Morgan fingerprint density at radius 3 is 2.25 bits per heavy atom. The van der Waals surface area contributed by atoms with Crippen molar-refractivity contribution in [2.75, 3.05) is 0 Å². The lowest BCUT2D eigenvalue weighted by molar-refractivity contribution is -0.138. The molecule has 0 heterocycles. The second-order valence-electron chi connectivity index (χ2n) is 2.80. The fourth-order valence-corrected chi connectivity index (χ4v) is 1.04. The van der Waals surface area contributed by atoms with E-state index in [1.54, 1.807) is 0 Å². The summed E-state index contributed by atoms with van der Waals surface area (Å²) in [7, 11) is 0. The van der Waals surface area contributed by atoms with Gasteiger partial charge in [-0.15, -0.1) is 0 Å². The molecule has 0 atom stereocenters. The maximum atomic E-state index is 12.3. The van der Waals surface area contributed by atoms with Crippen LogP contribution in [0.4, 0.5) is 22.0 Å². The minimum atomic E-state index is -4.63. The molecule has 1 aromatic rings. The Morgan fingerprint density at radius 1 is 1.19 bits per heavy atom. The molecule has 0 aliphatic carbocycles. The fraction of sp³-hybridized carbons (Fsp3) is 0.200. The van der Waals surface area contributed by atoms with Crippen molar-refractivity contribution in [3.05, 3.63) is 42.0 Å². The molecule has 0 saturated carbocycles.